The van der Waals surface area contributed by atoms with Crippen LogP contribution in [0.4, 0.5) is 0 Å². The van der Waals surface area contributed by atoms with Crippen LogP contribution in [-0.2, 0) is 0 Å². The first-order chi connectivity index (χ1) is 14.6. The summed E-state index contributed by atoms with van der Waals surface area (Å²) in [7, 11) is 0. The van der Waals surface area contributed by atoms with Gasteiger partial charge in [-0.1, -0.05) is 6.07 Å². The topological polar surface area (TPSA) is 72.8 Å². The van der Waals surface area contributed by atoms with Gasteiger partial charge in [0.05, 0.1) is 19.4 Å². The summed E-state index contributed by atoms with van der Waals surface area (Å²) in [4.78, 5) is 15.8. The van der Waals surface area contributed by atoms with E-state index >= 15 is 0 Å². The van der Waals surface area contributed by atoms with Gasteiger partial charge in [0.2, 0.25) is 0 Å². The number of benzene rings is 2. The third-order valence-corrected chi connectivity index (χ3v) is 4.51. The summed E-state index contributed by atoms with van der Waals surface area (Å²) in [5.74, 6) is 1.38. The zero-order chi connectivity index (χ0) is 21.2. The van der Waals surface area contributed by atoms with Crippen LogP contribution in [-0.4, -0.2) is 30.3 Å². The van der Waals surface area contributed by atoms with Crippen molar-refractivity contribution in [3.05, 3.63) is 89.2 Å². The average Bonchev–Trinajstić information content (AvgIpc) is 2.77. The summed E-state index contributed by atoms with van der Waals surface area (Å²) in [5, 5.41) is 3.97. The number of hydrogen-bond acceptors (Lipinski definition) is 5. The van der Waals surface area contributed by atoms with Crippen molar-refractivity contribution in [3.63, 3.8) is 0 Å². The van der Waals surface area contributed by atoms with E-state index in [0.29, 0.717) is 18.8 Å². The standard InChI is InChI=1S/C24H25N3O3/c1-18-4-7-23(16-19(18)2)30-15-3-14-29-22-8-5-20(6-9-22)17-26-27-24(28)21-10-12-25-13-11-21/h4-13,16-17H,3,14-15H2,1-2H3,(H,27,28)/b26-17-. The minimum Gasteiger partial charge on any atom is -0.493 e. The minimum atomic E-state index is -0.281. The first-order valence-electron chi connectivity index (χ1n) is 9.78. The van der Waals surface area contributed by atoms with Crippen molar-refractivity contribution in [2.45, 2.75) is 20.3 Å². The predicted octanol–water partition coefficient (Wildman–Crippen LogP) is 4.31. The van der Waals surface area contributed by atoms with E-state index in [2.05, 4.69) is 41.5 Å². The number of carbonyl (C=O) groups excluding carboxylic acids is 1. The zero-order valence-electron chi connectivity index (χ0n) is 17.2. The Labute approximate surface area is 176 Å². The highest BCUT2D eigenvalue weighted by Gasteiger charge is 2.02. The minimum absolute atomic E-state index is 0.281. The summed E-state index contributed by atoms with van der Waals surface area (Å²) in [5.41, 5.74) is 6.34. The van der Waals surface area contributed by atoms with E-state index in [-0.39, 0.29) is 5.91 Å². The summed E-state index contributed by atoms with van der Waals surface area (Å²) in [6, 6.07) is 16.9. The Morgan fingerprint density at radius 2 is 1.60 bits per heavy atom. The maximum Gasteiger partial charge on any atom is 0.271 e. The second kappa shape index (κ2) is 10.8. The number of pyridine rings is 1. The highest BCUT2D eigenvalue weighted by molar-refractivity contribution is 5.94. The Morgan fingerprint density at radius 1 is 0.933 bits per heavy atom. The molecule has 2 aromatic carbocycles. The number of amides is 1. The second-order valence-electron chi connectivity index (χ2n) is 6.80. The van der Waals surface area contributed by atoms with Gasteiger partial charge in [0.1, 0.15) is 11.5 Å². The van der Waals surface area contributed by atoms with E-state index in [1.165, 1.54) is 11.1 Å². The molecule has 0 bridgehead atoms. The van der Waals surface area contributed by atoms with Crippen molar-refractivity contribution in [2.75, 3.05) is 13.2 Å². The normalized spacial score (nSPS) is 10.7. The van der Waals surface area contributed by atoms with Crippen LogP contribution in [0.25, 0.3) is 0 Å². The fraction of sp³-hybridized carbons (Fsp3) is 0.208. The molecule has 6 heteroatoms. The maximum absolute atomic E-state index is 11.9. The van der Waals surface area contributed by atoms with Gasteiger partial charge < -0.3 is 9.47 Å². The number of nitrogens with zero attached hydrogens (tertiary/aromatic N) is 2. The molecule has 1 heterocycles. The summed E-state index contributed by atoms with van der Waals surface area (Å²) in [6.07, 6.45) is 5.50. The molecular weight excluding hydrogens is 378 g/mol. The fourth-order valence-electron chi connectivity index (χ4n) is 2.63. The molecule has 30 heavy (non-hydrogen) atoms. The van der Waals surface area contributed by atoms with Gasteiger partial charge in [-0.25, -0.2) is 5.43 Å². The van der Waals surface area contributed by atoms with Gasteiger partial charge in [-0.15, -0.1) is 0 Å². The average molecular weight is 403 g/mol. The molecule has 3 aromatic rings. The second-order valence-corrected chi connectivity index (χ2v) is 6.80. The number of hydrazone groups is 1. The van der Waals surface area contributed by atoms with Crippen LogP contribution >= 0.6 is 0 Å². The lowest BCUT2D eigenvalue weighted by Gasteiger charge is -2.09. The van der Waals surface area contributed by atoms with Gasteiger partial charge in [-0.05, 0) is 79.1 Å². The number of aromatic nitrogens is 1. The third kappa shape index (κ3) is 6.44. The monoisotopic (exact) mass is 403 g/mol. The first kappa shape index (κ1) is 21.0. The summed E-state index contributed by atoms with van der Waals surface area (Å²) >= 11 is 0. The van der Waals surface area contributed by atoms with Crippen LogP contribution in [0.15, 0.2) is 72.1 Å². The maximum atomic E-state index is 11.9. The molecule has 154 valence electrons. The van der Waals surface area contributed by atoms with Crippen LogP contribution in [0, 0.1) is 13.8 Å². The van der Waals surface area contributed by atoms with E-state index in [0.717, 1.165) is 23.5 Å². The van der Waals surface area contributed by atoms with Crippen molar-refractivity contribution in [1.29, 1.82) is 0 Å². The quantitative estimate of drug-likeness (QED) is 0.328. The number of hydrogen-bond donors (Lipinski definition) is 1. The van der Waals surface area contributed by atoms with Crippen molar-refractivity contribution in [3.8, 4) is 11.5 Å². The largest absolute Gasteiger partial charge is 0.493 e. The molecule has 1 amide bonds. The van der Waals surface area contributed by atoms with Crippen LogP contribution in [0.3, 0.4) is 0 Å². The number of ether oxygens (including phenoxy) is 2. The predicted molar refractivity (Wildman–Crippen MR) is 117 cm³/mol. The molecular formula is C24H25N3O3. The van der Waals surface area contributed by atoms with Gasteiger partial charge in [-0.2, -0.15) is 5.10 Å². The SMILES string of the molecule is Cc1ccc(OCCCOc2ccc(/C=N\NC(=O)c3ccncc3)cc2)cc1C. The van der Waals surface area contributed by atoms with E-state index in [1.54, 1.807) is 30.7 Å². The summed E-state index contributed by atoms with van der Waals surface area (Å²) < 4.78 is 11.5. The Balaban J connectivity index is 1.37. The van der Waals surface area contributed by atoms with Crippen LogP contribution < -0.4 is 14.9 Å². The number of nitrogens with one attached hydrogen (secondary N) is 1. The summed E-state index contributed by atoms with van der Waals surface area (Å²) in [6.45, 7) is 5.34. The molecule has 6 nitrogen and oxygen atoms in total. The Hall–Kier alpha value is -3.67. The smallest absolute Gasteiger partial charge is 0.271 e. The Morgan fingerprint density at radius 3 is 2.30 bits per heavy atom. The molecule has 0 saturated carbocycles. The third-order valence-electron chi connectivity index (χ3n) is 4.51. The Kier molecular flexibility index (Phi) is 7.55. The van der Waals surface area contributed by atoms with Crippen molar-refractivity contribution in [1.82, 2.24) is 10.4 Å². The molecule has 0 fully saturated rings. The van der Waals surface area contributed by atoms with Crippen molar-refractivity contribution < 1.29 is 14.3 Å². The number of rotatable bonds is 9. The van der Waals surface area contributed by atoms with E-state index in [1.807, 2.05) is 30.3 Å². The van der Waals surface area contributed by atoms with Crippen molar-refractivity contribution >= 4 is 12.1 Å². The zero-order valence-corrected chi connectivity index (χ0v) is 17.2. The molecule has 1 aromatic heterocycles. The molecule has 1 N–H and O–H groups in total. The Bertz CT molecular complexity index is 986. The molecule has 3 rings (SSSR count). The van der Waals surface area contributed by atoms with Crippen LogP contribution in [0.2, 0.25) is 0 Å². The lowest BCUT2D eigenvalue weighted by molar-refractivity contribution is 0.0955. The fourth-order valence-corrected chi connectivity index (χ4v) is 2.63. The molecule has 0 spiro atoms. The first-order valence-corrected chi connectivity index (χ1v) is 9.78. The molecule has 0 unspecified atom stereocenters. The lowest BCUT2D eigenvalue weighted by Crippen LogP contribution is -2.17. The van der Waals surface area contributed by atoms with Gasteiger partial charge in [0.25, 0.3) is 5.91 Å². The number of carbonyl (C=O) groups is 1. The highest BCUT2D eigenvalue weighted by Crippen LogP contribution is 2.17. The molecule has 0 radical (unpaired) electrons. The van der Waals surface area contributed by atoms with Gasteiger partial charge >= 0.3 is 0 Å². The molecule has 0 atom stereocenters. The van der Waals surface area contributed by atoms with Gasteiger partial charge in [-0.3, -0.25) is 9.78 Å². The van der Waals surface area contributed by atoms with E-state index in [4.69, 9.17) is 9.47 Å². The lowest BCUT2D eigenvalue weighted by atomic mass is 10.1. The van der Waals surface area contributed by atoms with Gasteiger partial charge in [0.15, 0.2) is 0 Å². The van der Waals surface area contributed by atoms with Crippen LogP contribution in [0.1, 0.15) is 33.5 Å². The molecule has 0 aliphatic carbocycles. The van der Waals surface area contributed by atoms with Crippen molar-refractivity contribution in [2.24, 2.45) is 5.10 Å². The highest BCUT2D eigenvalue weighted by atomic mass is 16.5. The molecule has 0 aliphatic heterocycles. The van der Waals surface area contributed by atoms with Crippen LogP contribution in [0.5, 0.6) is 11.5 Å². The number of aryl methyl sites for hydroxylation is 2. The van der Waals surface area contributed by atoms with E-state index in [9.17, 15) is 4.79 Å². The van der Waals surface area contributed by atoms with E-state index < -0.39 is 0 Å². The molecule has 0 aliphatic rings. The van der Waals surface area contributed by atoms with Gasteiger partial charge in [0, 0.05) is 24.4 Å². The molecule has 0 saturated heterocycles.